The molecule has 2 rings (SSSR count). The van der Waals surface area contributed by atoms with Crippen LogP contribution in [0.1, 0.15) is 35.4 Å². The summed E-state index contributed by atoms with van der Waals surface area (Å²) in [5, 5.41) is 3.64. The van der Waals surface area contributed by atoms with Crippen molar-refractivity contribution >= 4 is 43.2 Å². The maximum Gasteiger partial charge on any atom is 0.0731 e. The average Bonchev–Trinajstić information content (AvgIpc) is 2.70. The number of hydrogen-bond donors (Lipinski definition) is 1. The summed E-state index contributed by atoms with van der Waals surface area (Å²) >= 11 is 8.99. The van der Waals surface area contributed by atoms with E-state index in [0.29, 0.717) is 0 Å². The lowest BCUT2D eigenvalue weighted by atomic mass is 10.0. The summed E-state index contributed by atoms with van der Waals surface area (Å²) in [4.78, 5) is 1.36. The molecular weight excluding hydrogens is 386 g/mol. The third-order valence-electron chi connectivity index (χ3n) is 2.94. The fourth-order valence-corrected chi connectivity index (χ4v) is 4.08. The van der Waals surface area contributed by atoms with Crippen molar-refractivity contribution < 1.29 is 0 Å². The van der Waals surface area contributed by atoms with Gasteiger partial charge < -0.3 is 5.32 Å². The monoisotopic (exact) mass is 401 g/mol. The van der Waals surface area contributed by atoms with Gasteiger partial charge in [-0.25, -0.2) is 0 Å². The first-order valence-electron chi connectivity index (χ1n) is 6.36. The molecule has 1 N–H and O–H groups in total. The van der Waals surface area contributed by atoms with Crippen LogP contribution in [0, 0.1) is 6.92 Å². The molecule has 1 heterocycles. The van der Waals surface area contributed by atoms with E-state index < -0.39 is 0 Å². The standard InChI is InChI=1S/C15H17Br2NS/c1-3-7-18-14(11-5-4-6-12(16)9-11)13-8-10(2)15(17)19-13/h4-6,8-9,14,18H,3,7H2,1-2H3. The first kappa shape index (κ1) is 15.2. The minimum Gasteiger partial charge on any atom is -0.306 e. The van der Waals surface area contributed by atoms with Gasteiger partial charge in [-0.05, 0) is 65.1 Å². The Morgan fingerprint density at radius 3 is 2.63 bits per heavy atom. The van der Waals surface area contributed by atoms with E-state index in [4.69, 9.17) is 0 Å². The second kappa shape index (κ2) is 7.02. The van der Waals surface area contributed by atoms with Crippen molar-refractivity contribution in [3.63, 3.8) is 0 Å². The maximum absolute atomic E-state index is 3.64. The Labute approximate surface area is 135 Å². The molecule has 0 aliphatic heterocycles. The lowest BCUT2D eigenvalue weighted by Crippen LogP contribution is -2.22. The molecule has 0 bridgehead atoms. The molecule has 1 aromatic carbocycles. The molecule has 0 aliphatic rings. The smallest absolute Gasteiger partial charge is 0.0731 e. The van der Waals surface area contributed by atoms with Crippen molar-refractivity contribution in [2.75, 3.05) is 6.54 Å². The van der Waals surface area contributed by atoms with Crippen molar-refractivity contribution in [1.82, 2.24) is 5.32 Å². The zero-order valence-corrected chi connectivity index (χ0v) is 15.0. The topological polar surface area (TPSA) is 12.0 Å². The maximum atomic E-state index is 3.64. The zero-order chi connectivity index (χ0) is 13.8. The van der Waals surface area contributed by atoms with E-state index in [-0.39, 0.29) is 6.04 Å². The summed E-state index contributed by atoms with van der Waals surface area (Å²) in [6, 6.07) is 11.1. The molecule has 1 unspecified atom stereocenters. The van der Waals surface area contributed by atoms with Crippen LogP contribution in [0.15, 0.2) is 38.6 Å². The quantitative estimate of drug-likeness (QED) is 0.679. The molecule has 0 spiro atoms. The molecule has 0 radical (unpaired) electrons. The second-order valence-electron chi connectivity index (χ2n) is 4.55. The fraction of sp³-hybridized carbons (Fsp3) is 0.333. The lowest BCUT2D eigenvalue weighted by Gasteiger charge is -2.18. The van der Waals surface area contributed by atoms with Crippen LogP contribution in [0.5, 0.6) is 0 Å². The minimum atomic E-state index is 0.271. The minimum absolute atomic E-state index is 0.271. The van der Waals surface area contributed by atoms with Crippen molar-refractivity contribution in [2.24, 2.45) is 0 Å². The van der Waals surface area contributed by atoms with Crippen LogP contribution in [0.4, 0.5) is 0 Å². The third-order valence-corrected chi connectivity index (χ3v) is 5.64. The number of benzene rings is 1. The Kier molecular flexibility index (Phi) is 5.63. The highest BCUT2D eigenvalue weighted by molar-refractivity contribution is 9.11. The SMILES string of the molecule is CCCNC(c1cccc(Br)c1)c1cc(C)c(Br)s1. The van der Waals surface area contributed by atoms with Gasteiger partial charge >= 0.3 is 0 Å². The summed E-state index contributed by atoms with van der Waals surface area (Å²) in [5.74, 6) is 0. The molecule has 1 atom stereocenters. The van der Waals surface area contributed by atoms with E-state index in [1.165, 1.54) is 19.8 Å². The van der Waals surface area contributed by atoms with E-state index in [1.54, 1.807) is 0 Å². The molecule has 0 saturated heterocycles. The van der Waals surface area contributed by atoms with Gasteiger partial charge in [-0.2, -0.15) is 0 Å². The number of thiophene rings is 1. The third kappa shape index (κ3) is 3.91. The Balaban J connectivity index is 2.35. The highest BCUT2D eigenvalue weighted by Crippen LogP contribution is 2.34. The number of nitrogens with one attached hydrogen (secondary N) is 1. The number of aryl methyl sites for hydroxylation is 1. The first-order valence-corrected chi connectivity index (χ1v) is 8.76. The molecule has 102 valence electrons. The molecular formula is C15H17Br2NS. The van der Waals surface area contributed by atoms with E-state index >= 15 is 0 Å². The Morgan fingerprint density at radius 1 is 1.26 bits per heavy atom. The van der Waals surface area contributed by atoms with E-state index in [1.807, 2.05) is 11.3 Å². The zero-order valence-electron chi connectivity index (χ0n) is 11.0. The van der Waals surface area contributed by atoms with Gasteiger partial charge in [-0.15, -0.1) is 11.3 Å². The van der Waals surface area contributed by atoms with E-state index in [9.17, 15) is 0 Å². The van der Waals surface area contributed by atoms with Gasteiger partial charge in [0.15, 0.2) is 0 Å². The predicted octanol–water partition coefficient (Wildman–Crippen LogP) is 5.67. The van der Waals surface area contributed by atoms with Gasteiger partial charge in [0, 0.05) is 9.35 Å². The normalized spacial score (nSPS) is 12.6. The fourth-order valence-electron chi connectivity index (χ4n) is 1.98. The molecule has 4 heteroatoms. The van der Waals surface area contributed by atoms with E-state index in [0.717, 1.165) is 17.4 Å². The summed E-state index contributed by atoms with van der Waals surface area (Å²) in [7, 11) is 0. The molecule has 0 fully saturated rings. The van der Waals surface area contributed by atoms with Gasteiger partial charge in [-0.3, -0.25) is 0 Å². The van der Waals surface area contributed by atoms with Gasteiger partial charge in [0.1, 0.15) is 0 Å². The Hall–Kier alpha value is -0.160. The van der Waals surface area contributed by atoms with Crippen LogP contribution in [0.25, 0.3) is 0 Å². The molecule has 1 nitrogen and oxygen atoms in total. The van der Waals surface area contributed by atoms with Crippen LogP contribution in [0.2, 0.25) is 0 Å². The lowest BCUT2D eigenvalue weighted by molar-refractivity contribution is 0.605. The van der Waals surface area contributed by atoms with Crippen LogP contribution < -0.4 is 5.32 Å². The molecule has 0 amide bonds. The first-order chi connectivity index (χ1) is 9.11. The molecule has 19 heavy (non-hydrogen) atoms. The Morgan fingerprint density at radius 2 is 2.05 bits per heavy atom. The molecule has 2 aromatic rings. The van der Waals surface area contributed by atoms with Gasteiger partial charge in [-0.1, -0.05) is 35.0 Å². The summed E-state index contributed by atoms with van der Waals surface area (Å²) < 4.78 is 2.35. The van der Waals surface area contributed by atoms with Crippen molar-refractivity contribution in [3.8, 4) is 0 Å². The molecule has 0 aliphatic carbocycles. The predicted molar refractivity (Wildman–Crippen MR) is 91.0 cm³/mol. The van der Waals surface area contributed by atoms with Crippen LogP contribution in [-0.4, -0.2) is 6.54 Å². The summed E-state index contributed by atoms with van der Waals surface area (Å²) in [5.41, 5.74) is 2.61. The van der Waals surface area contributed by atoms with Crippen LogP contribution >= 0.6 is 43.2 Å². The number of halogens is 2. The second-order valence-corrected chi connectivity index (χ2v) is 7.86. The highest BCUT2D eigenvalue weighted by Gasteiger charge is 2.17. The van der Waals surface area contributed by atoms with E-state index in [2.05, 4.69) is 81.4 Å². The molecule has 1 aromatic heterocycles. The molecule has 0 saturated carbocycles. The van der Waals surface area contributed by atoms with Gasteiger partial charge in [0.2, 0.25) is 0 Å². The largest absolute Gasteiger partial charge is 0.306 e. The van der Waals surface area contributed by atoms with Gasteiger partial charge in [0.05, 0.1) is 9.83 Å². The summed E-state index contributed by atoms with van der Waals surface area (Å²) in [6.45, 7) is 5.36. The average molecular weight is 403 g/mol. The van der Waals surface area contributed by atoms with Crippen LogP contribution in [0.3, 0.4) is 0 Å². The number of rotatable bonds is 5. The summed E-state index contributed by atoms with van der Waals surface area (Å²) in [6.07, 6.45) is 1.13. The van der Waals surface area contributed by atoms with Crippen molar-refractivity contribution in [3.05, 3.63) is 54.6 Å². The Bertz CT molecular complexity index is 531. The van der Waals surface area contributed by atoms with Crippen molar-refractivity contribution in [1.29, 1.82) is 0 Å². The highest BCUT2D eigenvalue weighted by atomic mass is 79.9. The number of hydrogen-bond acceptors (Lipinski definition) is 2. The van der Waals surface area contributed by atoms with Crippen LogP contribution in [-0.2, 0) is 0 Å². The van der Waals surface area contributed by atoms with Gasteiger partial charge in [0.25, 0.3) is 0 Å². The van der Waals surface area contributed by atoms with Crippen molar-refractivity contribution in [2.45, 2.75) is 26.3 Å².